The lowest BCUT2D eigenvalue weighted by Gasteiger charge is -2.14. The van der Waals surface area contributed by atoms with Crippen molar-refractivity contribution in [2.75, 3.05) is 26.6 Å². The number of nitrogens with zero attached hydrogens (tertiary/aromatic N) is 2. The largest absolute Gasteiger partial charge is 0.493 e. The number of carbonyl (C=O) groups excluding carboxylic acids is 2. The summed E-state index contributed by atoms with van der Waals surface area (Å²) in [6.45, 7) is 0. The van der Waals surface area contributed by atoms with E-state index in [1.54, 1.807) is 54.3 Å². The molecular weight excluding hydrogens is 402 g/mol. The van der Waals surface area contributed by atoms with Crippen LogP contribution in [0.2, 0.25) is 0 Å². The van der Waals surface area contributed by atoms with Gasteiger partial charge in [-0.25, -0.2) is 0 Å². The highest BCUT2D eigenvalue weighted by atomic mass is 16.5. The van der Waals surface area contributed by atoms with Crippen molar-refractivity contribution in [2.45, 2.75) is 6.42 Å². The fourth-order valence-electron chi connectivity index (χ4n) is 2.92. The molecule has 1 heterocycles. The number of aryl methyl sites for hydroxylation is 1. The zero-order valence-corrected chi connectivity index (χ0v) is 17.7. The summed E-state index contributed by atoms with van der Waals surface area (Å²) >= 11 is 0. The Balaban J connectivity index is 1.62. The van der Waals surface area contributed by atoms with Crippen LogP contribution in [0.15, 0.2) is 48.8 Å². The van der Waals surface area contributed by atoms with Gasteiger partial charge in [-0.3, -0.25) is 14.3 Å². The maximum Gasteiger partial charge on any atom is 0.315 e. The number of carbonyl (C=O) groups is 2. The molecule has 0 spiro atoms. The Kier molecular flexibility index (Phi) is 6.76. The summed E-state index contributed by atoms with van der Waals surface area (Å²) in [7, 11) is 6.26. The zero-order valence-electron chi connectivity index (χ0n) is 17.7. The van der Waals surface area contributed by atoms with E-state index >= 15 is 0 Å². The van der Waals surface area contributed by atoms with Crippen LogP contribution in [-0.2, 0) is 18.3 Å². The molecule has 3 aromatic rings. The third kappa shape index (κ3) is 5.33. The van der Waals surface area contributed by atoms with Gasteiger partial charge in [-0.15, -0.1) is 0 Å². The number of anilines is 1. The Morgan fingerprint density at radius 3 is 2.16 bits per heavy atom. The number of hydrogen-bond acceptors (Lipinski definition) is 7. The molecule has 0 unspecified atom stereocenters. The Hall–Kier alpha value is -4.01. The molecule has 9 nitrogen and oxygen atoms in total. The molecule has 1 amide bonds. The maximum absolute atomic E-state index is 12.4. The van der Waals surface area contributed by atoms with Crippen molar-refractivity contribution in [3.63, 3.8) is 0 Å². The van der Waals surface area contributed by atoms with Gasteiger partial charge < -0.3 is 24.3 Å². The second-order valence-electron chi connectivity index (χ2n) is 6.57. The molecule has 9 heteroatoms. The van der Waals surface area contributed by atoms with Gasteiger partial charge in [0.25, 0.3) is 5.91 Å². The molecule has 1 N–H and O–H groups in total. The highest BCUT2D eigenvalue weighted by Crippen LogP contribution is 2.38. The van der Waals surface area contributed by atoms with Crippen molar-refractivity contribution in [3.8, 4) is 23.0 Å². The molecule has 2 aromatic carbocycles. The predicted molar refractivity (Wildman–Crippen MR) is 113 cm³/mol. The molecule has 3 rings (SSSR count). The molecule has 0 radical (unpaired) electrons. The van der Waals surface area contributed by atoms with Crippen LogP contribution in [0.3, 0.4) is 0 Å². The summed E-state index contributed by atoms with van der Waals surface area (Å²) < 4.78 is 22.8. The number of aromatic nitrogens is 2. The van der Waals surface area contributed by atoms with E-state index in [2.05, 4.69) is 10.4 Å². The number of hydrogen-bond donors (Lipinski definition) is 1. The lowest BCUT2D eigenvalue weighted by atomic mass is 10.1. The van der Waals surface area contributed by atoms with E-state index in [-0.39, 0.29) is 12.3 Å². The van der Waals surface area contributed by atoms with Crippen LogP contribution in [0, 0.1) is 0 Å². The van der Waals surface area contributed by atoms with Crippen LogP contribution in [-0.4, -0.2) is 43.0 Å². The van der Waals surface area contributed by atoms with Crippen LogP contribution in [0.4, 0.5) is 5.69 Å². The quantitative estimate of drug-likeness (QED) is 0.437. The van der Waals surface area contributed by atoms with Gasteiger partial charge >= 0.3 is 5.97 Å². The number of rotatable bonds is 8. The predicted octanol–water partition coefficient (Wildman–Crippen LogP) is 2.85. The van der Waals surface area contributed by atoms with Crippen molar-refractivity contribution in [2.24, 2.45) is 7.05 Å². The third-order valence-corrected chi connectivity index (χ3v) is 4.38. The van der Waals surface area contributed by atoms with Crippen molar-refractivity contribution in [3.05, 3.63) is 59.9 Å². The monoisotopic (exact) mass is 425 g/mol. The maximum atomic E-state index is 12.4. The number of benzene rings is 2. The first-order chi connectivity index (χ1) is 14.9. The van der Waals surface area contributed by atoms with Crippen LogP contribution in [0.25, 0.3) is 0 Å². The first-order valence-electron chi connectivity index (χ1n) is 9.33. The van der Waals surface area contributed by atoms with Gasteiger partial charge in [0.1, 0.15) is 5.75 Å². The number of ether oxygens (including phenoxy) is 4. The molecule has 0 fully saturated rings. The van der Waals surface area contributed by atoms with E-state index < -0.39 is 5.97 Å². The SMILES string of the molecule is COc1cc(CC(=O)Oc2ccc(NC(=O)c3cnn(C)c3)cc2)cc(OC)c1OC. The van der Waals surface area contributed by atoms with Crippen LogP contribution in [0.5, 0.6) is 23.0 Å². The van der Waals surface area contributed by atoms with Crippen molar-refractivity contribution in [1.29, 1.82) is 0 Å². The second-order valence-corrected chi connectivity index (χ2v) is 6.57. The molecule has 0 aliphatic rings. The Labute approximate surface area is 179 Å². The minimum atomic E-state index is -0.457. The summed E-state index contributed by atoms with van der Waals surface area (Å²) in [6.07, 6.45) is 3.11. The first-order valence-corrected chi connectivity index (χ1v) is 9.33. The van der Waals surface area contributed by atoms with Crippen LogP contribution in [0.1, 0.15) is 15.9 Å². The van der Waals surface area contributed by atoms with E-state index in [1.807, 2.05) is 0 Å². The smallest absolute Gasteiger partial charge is 0.315 e. The highest BCUT2D eigenvalue weighted by Gasteiger charge is 2.16. The number of methoxy groups -OCH3 is 3. The minimum Gasteiger partial charge on any atom is -0.493 e. The van der Waals surface area contributed by atoms with E-state index in [0.717, 1.165) is 0 Å². The molecule has 0 aliphatic heterocycles. The Bertz CT molecular complexity index is 1050. The van der Waals surface area contributed by atoms with Gasteiger partial charge in [0.15, 0.2) is 11.5 Å². The molecule has 0 bridgehead atoms. The lowest BCUT2D eigenvalue weighted by molar-refractivity contribution is -0.133. The molecule has 0 aliphatic carbocycles. The standard InChI is InChI=1S/C22H23N3O6/c1-25-13-15(12-23-25)22(27)24-16-5-7-17(8-6-16)31-20(26)11-14-9-18(28-2)21(30-4)19(10-14)29-3/h5-10,12-13H,11H2,1-4H3,(H,24,27). The summed E-state index contributed by atoms with van der Waals surface area (Å²) in [5.41, 5.74) is 1.67. The van der Waals surface area contributed by atoms with Gasteiger partial charge in [0.2, 0.25) is 5.75 Å². The summed E-state index contributed by atoms with van der Waals surface area (Å²) in [4.78, 5) is 24.5. The molecule has 0 saturated heterocycles. The van der Waals surface area contributed by atoms with Crippen molar-refractivity contribution in [1.82, 2.24) is 9.78 Å². The molecule has 0 saturated carbocycles. The fraction of sp³-hybridized carbons (Fsp3) is 0.227. The van der Waals surface area contributed by atoms with Gasteiger partial charge in [-0.1, -0.05) is 0 Å². The zero-order chi connectivity index (χ0) is 22.4. The molecule has 0 atom stereocenters. The topological polar surface area (TPSA) is 101 Å². The minimum absolute atomic E-state index is 0.0101. The van der Waals surface area contributed by atoms with Crippen LogP contribution >= 0.6 is 0 Å². The summed E-state index contributed by atoms with van der Waals surface area (Å²) in [5.74, 6) is 0.987. The number of esters is 1. The molecule has 1 aromatic heterocycles. The number of amides is 1. The first kappa shape index (κ1) is 21.7. The van der Waals surface area contributed by atoms with Gasteiger partial charge in [0.05, 0.1) is 39.5 Å². The summed E-state index contributed by atoms with van der Waals surface area (Å²) in [5, 5.41) is 6.72. The van der Waals surface area contributed by atoms with Crippen molar-refractivity contribution >= 4 is 17.6 Å². The van der Waals surface area contributed by atoms with E-state index in [9.17, 15) is 9.59 Å². The highest BCUT2D eigenvalue weighted by molar-refractivity contribution is 6.03. The van der Waals surface area contributed by atoms with Gasteiger partial charge in [-0.2, -0.15) is 5.10 Å². The molecule has 31 heavy (non-hydrogen) atoms. The fourth-order valence-corrected chi connectivity index (χ4v) is 2.92. The average Bonchev–Trinajstić information content (AvgIpc) is 3.20. The molecular formula is C22H23N3O6. The summed E-state index contributed by atoms with van der Waals surface area (Å²) in [6, 6.07) is 9.89. The third-order valence-electron chi connectivity index (χ3n) is 4.38. The Morgan fingerprint density at radius 1 is 1.00 bits per heavy atom. The lowest BCUT2D eigenvalue weighted by Crippen LogP contribution is -2.12. The van der Waals surface area contributed by atoms with E-state index in [0.29, 0.717) is 39.8 Å². The Morgan fingerprint density at radius 2 is 1.65 bits per heavy atom. The molecule has 162 valence electrons. The second kappa shape index (κ2) is 9.66. The normalized spacial score (nSPS) is 10.3. The van der Waals surface area contributed by atoms with E-state index in [1.165, 1.54) is 27.5 Å². The van der Waals surface area contributed by atoms with Crippen LogP contribution < -0.4 is 24.3 Å². The van der Waals surface area contributed by atoms with Crippen molar-refractivity contribution < 1.29 is 28.5 Å². The van der Waals surface area contributed by atoms with E-state index in [4.69, 9.17) is 18.9 Å². The van der Waals surface area contributed by atoms with Gasteiger partial charge in [-0.05, 0) is 42.0 Å². The van der Waals surface area contributed by atoms with Gasteiger partial charge in [0, 0.05) is 18.9 Å². The average molecular weight is 425 g/mol. The number of nitrogens with one attached hydrogen (secondary N) is 1.